The van der Waals surface area contributed by atoms with Gasteiger partial charge in [0.15, 0.2) is 0 Å². The van der Waals surface area contributed by atoms with Gasteiger partial charge in [-0.05, 0) is 0 Å². The Bertz CT molecular complexity index is 236. The quantitative estimate of drug-likeness (QED) is 0.560. The van der Waals surface area contributed by atoms with Crippen molar-refractivity contribution >= 4 is 11.8 Å². The van der Waals surface area contributed by atoms with Crippen LogP contribution in [0.3, 0.4) is 0 Å². The maximum absolute atomic E-state index is 11.3. The summed E-state index contributed by atoms with van der Waals surface area (Å²) >= 11 is 0. The molecule has 0 unspecified atom stereocenters. The molecule has 1 aliphatic heterocycles. The highest BCUT2D eigenvalue weighted by molar-refractivity contribution is 5.78. The fourth-order valence-corrected chi connectivity index (χ4v) is 1.57. The molecule has 0 bridgehead atoms. The summed E-state index contributed by atoms with van der Waals surface area (Å²) in [6.45, 7) is 3.26. The third-order valence-corrected chi connectivity index (χ3v) is 2.55. The molecule has 0 aromatic heterocycles. The SMILES string of the molecule is CNC(=O)CN1CCN(C(=O)CN)CC1. The van der Waals surface area contributed by atoms with Crippen molar-refractivity contribution in [2.75, 3.05) is 46.3 Å². The van der Waals surface area contributed by atoms with Crippen molar-refractivity contribution in [2.24, 2.45) is 5.73 Å². The average Bonchev–Trinajstić information content (AvgIpc) is 2.29. The zero-order valence-electron chi connectivity index (χ0n) is 9.03. The first-order chi connectivity index (χ1) is 7.17. The number of likely N-dealkylation sites (N-methyl/N-ethyl adjacent to an activating group) is 1. The lowest BCUT2D eigenvalue weighted by molar-refractivity contribution is -0.131. The maximum Gasteiger partial charge on any atom is 0.236 e. The molecular weight excluding hydrogens is 196 g/mol. The molecule has 1 rings (SSSR count). The molecule has 86 valence electrons. The summed E-state index contributed by atoms with van der Waals surface area (Å²) in [5.74, 6) is -0.0109. The van der Waals surface area contributed by atoms with E-state index in [1.807, 2.05) is 4.90 Å². The fourth-order valence-electron chi connectivity index (χ4n) is 1.57. The van der Waals surface area contributed by atoms with Gasteiger partial charge in [0.05, 0.1) is 13.1 Å². The Hall–Kier alpha value is -1.14. The highest BCUT2D eigenvalue weighted by atomic mass is 16.2. The average molecular weight is 214 g/mol. The van der Waals surface area contributed by atoms with Gasteiger partial charge in [0, 0.05) is 33.2 Å². The Labute approximate surface area is 89.4 Å². The van der Waals surface area contributed by atoms with Gasteiger partial charge in [-0.1, -0.05) is 0 Å². The van der Waals surface area contributed by atoms with Crippen LogP contribution >= 0.6 is 0 Å². The third-order valence-electron chi connectivity index (χ3n) is 2.55. The van der Waals surface area contributed by atoms with Crippen molar-refractivity contribution < 1.29 is 9.59 Å². The predicted molar refractivity (Wildman–Crippen MR) is 56.1 cm³/mol. The summed E-state index contributed by atoms with van der Waals surface area (Å²) in [5.41, 5.74) is 5.27. The van der Waals surface area contributed by atoms with E-state index in [4.69, 9.17) is 5.73 Å². The lowest BCUT2D eigenvalue weighted by Crippen LogP contribution is -2.52. The van der Waals surface area contributed by atoms with Gasteiger partial charge in [0.2, 0.25) is 11.8 Å². The van der Waals surface area contributed by atoms with Crippen molar-refractivity contribution in [3.05, 3.63) is 0 Å². The van der Waals surface area contributed by atoms with E-state index in [1.54, 1.807) is 11.9 Å². The second-order valence-electron chi connectivity index (χ2n) is 3.53. The smallest absolute Gasteiger partial charge is 0.236 e. The molecular formula is C9H18N4O2. The number of piperazine rings is 1. The minimum Gasteiger partial charge on any atom is -0.358 e. The number of nitrogens with one attached hydrogen (secondary N) is 1. The van der Waals surface area contributed by atoms with Crippen LogP contribution in [0.2, 0.25) is 0 Å². The largest absolute Gasteiger partial charge is 0.358 e. The van der Waals surface area contributed by atoms with Gasteiger partial charge in [-0.2, -0.15) is 0 Å². The molecule has 3 N–H and O–H groups in total. The van der Waals surface area contributed by atoms with Gasteiger partial charge in [-0.15, -0.1) is 0 Å². The zero-order chi connectivity index (χ0) is 11.3. The van der Waals surface area contributed by atoms with Gasteiger partial charge in [-0.25, -0.2) is 0 Å². The second kappa shape index (κ2) is 5.67. The molecule has 15 heavy (non-hydrogen) atoms. The van der Waals surface area contributed by atoms with Gasteiger partial charge >= 0.3 is 0 Å². The second-order valence-corrected chi connectivity index (χ2v) is 3.53. The summed E-state index contributed by atoms with van der Waals surface area (Å²) in [5, 5.41) is 2.58. The van der Waals surface area contributed by atoms with Crippen LogP contribution in [0.1, 0.15) is 0 Å². The summed E-state index contributed by atoms with van der Waals surface area (Å²) in [6, 6.07) is 0. The molecule has 0 aliphatic carbocycles. The Morgan fingerprint density at radius 3 is 2.33 bits per heavy atom. The van der Waals surface area contributed by atoms with E-state index in [2.05, 4.69) is 5.32 Å². The molecule has 0 aromatic carbocycles. The molecule has 1 aliphatic rings. The van der Waals surface area contributed by atoms with Crippen molar-refractivity contribution in [1.29, 1.82) is 0 Å². The van der Waals surface area contributed by atoms with E-state index in [9.17, 15) is 9.59 Å². The normalized spacial score (nSPS) is 17.6. The lowest BCUT2D eigenvalue weighted by Gasteiger charge is -2.34. The number of carbonyl (C=O) groups is 2. The predicted octanol–water partition coefficient (Wildman–Crippen LogP) is -2.16. The molecule has 0 saturated carbocycles. The van der Waals surface area contributed by atoms with E-state index in [-0.39, 0.29) is 18.4 Å². The highest BCUT2D eigenvalue weighted by Gasteiger charge is 2.20. The van der Waals surface area contributed by atoms with Crippen molar-refractivity contribution in [3.8, 4) is 0 Å². The van der Waals surface area contributed by atoms with Crippen LogP contribution in [0.15, 0.2) is 0 Å². The van der Waals surface area contributed by atoms with Crippen molar-refractivity contribution in [2.45, 2.75) is 0 Å². The van der Waals surface area contributed by atoms with Gasteiger partial charge in [0.1, 0.15) is 0 Å². The van der Waals surface area contributed by atoms with E-state index in [1.165, 1.54) is 0 Å². The zero-order valence-corrected chi connectivity index (χ0v) is 9.03. The Balaban J connectivity index is 2.29. The molecule has 0 radical (unpaired) electrons. The van der Waals surface area contributed by atoms with Crippen LogP contribution in [-0.2, 0) is 9.59 Å². The first-order valence-corrected chi connectivity index (χ1v) is 5.08. The van der Waals surface area contributed by atoms with E-state index in [0.29, 0.717) is 19.6 Å². The highest BCUT2D eigenvalue weighted by Crippen LogP contribution is 2.00. The molecule has 1 heterocycles. The molecule has 1 saturated heterocycles. The minimum absolute atomic E-state index is 0.00796. The third kappa shape index (κ3) is 3.49. The summed E-state index contributed by atoms with van der Waals surface area (Å²) in [6.07, 6.45) is 0. The number of rotatable bonds is 3. The number of hydrogen-bond acceptors (Lipinski definition) is 4. The molecule has 2 amide bonds. The van der Waals surface area contributed by atoms with E-state index < -0.39 is 0 Å². The Kier molecular flexibility index (Phi) is 4.51. The van der Waals surface area contributed by atoms with E-state index >= 15 is 0 Å². The molecule has 0 spiro atoms. The number of nitrogens with zero attached hydrogens (tertiary/aromatic N) is 2. The van der Waals surface area contributed by atoms with Gasteiger partial charge in [0.25, 0.3) is 0 Å². The first-order valence-electron chi connectivity index (χ1n) is 5.08. The summed E-state index contributed by atoms with van der Waals surface area (Å²) < 4.78 is 0. The van der Waals surface area contributed by atoms with Crippen LogP contribution in [0.4, 0.5) is 0 Å². The van der Waals surface area contributed by atoms with Crippen molar-refractivity contribution in [3.63, 3.8) is 0 Å². The maximum atomic E-state index is 11.3. The minimum atomic E-state index is -0.0189. The van der Waals surface area contributed by atoms with E-state index in [0.717, 1.165) is 13.1 Å². The van der Waals surface area contributed by atoms with Crippen LogP contribution in [0.25, 0.3) is 0 Å². The van der Waals surface area contributed by atoms with Gasteiger partial charge < -0.3 is 16.0 Å². The summed E-state index contributed by atoms with van der Waals surface area (Å²) in [7, 11) is 1.62. The summed E-state index contributed by atoms with van der Waals surface area (Å²) in [4.78, 5) is 26.1. The first kappa shape index (κ1) is 11.9. The molecule has 0 aromatic rings. The Morgan fingerprint density at radius 1 is 1.27 bits per heavy atom. The molecule has 1 fully saturated rings. The molecule has 6 heteroatoms. The van der Waals surface area contributed by atoms with Crippen molar-refractivity contribution in [1.82, 2.24) is 15.1 Å². The monoisotopic (exact) mass is 214 g/mol. The van der Waals surface area contributed by atoms with Crippen LogP contribution in [-0.4, -0.2) is 67.9 Å². The molecule has 6 nitrogen and oxygen atoms in total. The number of carbonyl (C=O) groups excluding carboxylic acids is 2. The molecule has 0 atom stereocenters. The van der Waals surface area contributed by atoms with Gasteiger partial charge in [-0.3, -0.25) is 14.5 Å². The topological polar surface area (TPSA) is 78.7 Å². The number of amides is 2. The standard InChI is InChI=1S/C9H18N4O2/c1-11-8(14)7-12-2-4-13(5-3-12)9(15)6-10/h2-7,10H2,1H3,(H,11,14). The van der Waals surface area contributed by atoms with Crippen LogP contribution < -0.4 is 11.1 Å². The Morgan fingerprint density at radius 2 is 1.87 bits per heavy atom. The van der Waals surface area contributed by atoms with Crippen LogP contribution in [0.5, 0.6) is 0 Å². The number of hydrogen-bond donors (Lipinski definition) is 2. The fraction of sp³-hybridized carbons (Fsp3) is 0.778. The van der Waals surface area contributed by atoms with Crippen LogP contribution in [0, 0.1) is 0 Å². The lowest BCUT2D eigenvalue weighted by atomic mass is 10.3. The number of nitrogens with two attached hydrogens (primary N) is 1.